The van der Waals surface area contributed by atoms with Gasteiger partial charge < -0.3 is 9.64 Å². The number of hydrogen-bond donors (Lipinski definition) is 0. The molecule has 1 rings (SSSR count). The van der Waals surface area contributed by atoms with Crippen LogP contribution in [0.3, 0.4) is 0 Å². The standard InChI is InChI=1S/C14H21NO2/c1-12(2)17-14(16)15(3)11-7-10-13-8-5-4-6-9-13/h4-6,8-9,12H,7,10-11H2,1-3H3. The van der Waals surface area contributed by atoms with E-state index in [1.54, 1.807) is 11.9 Å². The maximum absolute atomic E-state index is 11.5. The average molecular weight is 235 g/mol. The first-order chi connectivity index (χ1) is 8.09. The second kappa shape index (κ2) is 6.94. The quantitative estimate of drug-likeness (QED) is 0.785. The highest BCUT2D eigenvalue weighted by Gasteiger charge is 2.10. The van der Waals surface area contributed by atoms with Crippen LogP contribution in [0.15, 0.2) is 30.3 Å². The van der Waals surface area contributed by atoms with Gasteiger partial charge in [0.25, 0.3) is 0 Å². The van der Waals surface area contributed by atoms with Crippen molar-refractivity contribution < 1.29 is 9.53 Å². The van der Waals surface area contributed by atoms with Crippen LogP contribution in [-0.4, -0.2) is 30.7 Å². The number of aryl methyl sites for hydroxylation is 1. The molecule has 0 aliphatic rings. The summed E-state index contributed by atoms with van der Waals surface area (Å²) >= 11 is 0. The molecule has 0 saturated heterocycles. The van der Waals surface area contributed by atoms with Crippen molar-refractivity contribution in [3.8, 4) is 0 Å². The molecule has 0 saturated carbocycles. The molecule has 3 nitrogen and oxygen atoms in total. The summed E-state index contributed by atoms with van der Waals surface area (Å²) in [6.45, 7) is 4.44. The van der Waals surface area contributed by atoms with Crippen LogP contribution in [0.25, 0.3) is 0 Å². The Bertz CT molecular complexity index is 335. The molecule has 1 aromatic rings. The molecule has 0 fully saturated rings. The molecule has 0 aromatic heterocycles. The Kier molecular flexibility index (Phi) is 5.53. The Labute approximate surface area is 103 Å². The van der Waals surface area contributed by atoms with E-state index in [0.29, 0.717) is 0 Å². The van der Waals surface area contributed by atoms with E-state index in [9.17, 15) is 4.79 Å². The number of nitrogens with zero attached hydrogens (tertiary/aromatic N) is 1. The SMILES string of the molecule is CC(C)OC(=O)N(C)CCCc1ccccc1. The topological polar surface area (TPSA) is 29.5 Å². The van der Waals surface area contributed by atoms with Gasteiger partial charge in [-0.2, -0.15) is 0 Å². The fourth-order valence-electron chi connectivity index (χ4n) is 1.55. The predicted octanol–water partition coefficient (Wildman–Crippen LogP) is 3.10. The summed E-state index contributed by atoms with van der Waals surface area (Å²) in [5.74, 6) is 0. The van der Waals surface area contributed by atoms with Crippen LogP contribution < -0.4 is 0 Å². The van der Waals surface area contributed by atoms with Crippen molar-refractivity contribution in [3.63, 3.8) is 0 Å². The third kappa shape index (κ3) is 5.38. The van der Waals surface area contributed by atoms with Crippen LogP contribution in [0.4, 0.5) is 4.79 Å². The van der Waals surface area contributed by atoms with E-state index in [2.05, 4.69) is 12.1 Å². The van der Waals surface area contributed by atoms with Gasteiger partial charge in [0.1, 0.15) is 0 Å². The molecular weight excluding hydrogens is 214 g/mol. The molecule has 0 radical (unpaired) electrons. The minimum absolute atomic E-state index is 0.0564. The minimum atomic E-state index is -0.243. The summed E-state index contributed by atoms with van der Waals surface area (Å²) in [6, 6.07) is 10.3. The predicted molar refractivity (Wildman–Crippen MR) is 69.0 cm³/mol. The molecular formula is C14H21NO2. The van der Waals surface area contributed by atoms with Gasteiger partial charge in [0, 0.05) is 13.6 Å². The molecule has 0 spiro atoms. The van der Waals surface area contributed by atoms with Crippen LogP contribution in [0.5, 0.6) is 0 Å². The Morgan fingerprint density at radius 1 is 1.29 bits per heavy atom. The highest BCUT2D eigenvalue weighted by atomic mass is 16.6. The summed E-state index contributed by atoms with van der Waals surface area (Å²) in [5.41, 5.74) is 1.30. The number of ether oxygens (including phenoxy) is 1. The molecule has 0 unspecified atom stereocenters. The monoisotopic (exact) mass is 235 g/mol. The molecule has 0 bridgehead atoms. The van der Waals surface area contributed by atoms with E-state index in [1.165, 1.54) is 5.56 Å². The van der Waals surface area contributed by atoms with E-state index in [0.717, 1.165) is 19.4 Å². The molecule has 0 heterocycles. The molecule has 0 N–H and O–H groups in total. The summed E-state index contributed by atoms with van der Waals surface area (Å²) in [5, 5.41) is 0. The number of carbonyl (C=O) groups is 1. The lowest BCUT2D eigenvalue weighted by Gasteiger charge is -2.18. The molecule has 3 heteroatoms. The first kappa shape index (κ1) is 13.6. The first-order valence-electron chi connectivity index (χ1n) is 6.05. The lowest BCUT2D eigenvalue weighted by Crippen LogP contribution is -2.30. The smallest absolute Gasteiger partial charge is 0.409 e. The van der Waals surface area contributed by atoms with Gasteiger partial charge in [0.15, 0.2) is 0 Å². The van der Waals surface area contributed by atoms with Crippen molar-refractivity contribution in [2.45, 2.75) is 32.8 Å². The summed E-state index contributed by atoms with van der Waals surface area (Å²) in [6.07, 6.45) is 1.64. The maximum Gasteiger partial charge on any atom is 0.409 e. The van der Waals surface area contributed by atoms with E-state index in [-0.39, 0.29) is 12.2 Å². The third-order valence-electron chi connectivity index (χ3n) is 2.45. The van der Waals surface area contributed by atoms with Gasteiger partial charge >= 0.3 is 6.09 Å². The lowest BCUT2D eigenvalue weighted by molar-refractivity contribution is 0.0838. The van der Waals surface area contributed by atoms with Crippen LogP contribution in [0.2, 0.25) is 0 Å². The zero-order valence-corrected chi connectivity index (χ0v) is 10.8. The van der Waals surface area contributed by atoms with Crippen molar-refractivity contribution in [2.24, 2.45) is 0 Å². The molecule has 1 aromatic carbocycles. The second-order valence-corrected chi connectivity index (χ2v) is 4.44. The number of amides is 1. The molecule has 17 heavy (non-hydrogen) atoms. The Balaban J connectivity index is 2.24. The molecule has 0 aliphatic heterocycles. The van der Waals surface area contributed by atoms with Crippen molar-refractivity contribution in [3.05, 3.63) is 35.9 Å². The minimum Gasteiger partial charge on any atom is -0.447 e. The fourth-order valence-corrected chi connectivity index (χ4v) is 1.55. The largest absolute Gasteiger partial charge is 0.447 e. The van der Waals surface area contributed by atoms with Gasteiger partial charge in [-0.15, -0.1) is 0 Å². The number of hydrogen-bond acceptors (Lipinski definition) is 2. The molecule has 94 valence electrons. The van der Waals surface area contributed by atoms with Crippen molar-refractivity contribution in [1.82, 2.24) is 4.90 Å². The summed E-state index contributed by atoms with van der Waals surface area (Å²) in [7, 11) is 1.77. The highest BCUT2D eigenvalue weighted by Crippen LogP contribution is 2.04. The molecule has 0 atom stereocenters. The first-order valence-corrected chi connectivity index (χ1v) is 6.05. The van der Waals surface area contributed by atoms with Gasteiger partial charge in [-0.25, -0.2) is 4.79 Å². The van der Waals surface area contributed by atoms with Gasteiger partial charge in [0.2, 0.25) is 0 Å². The number of carbonyl (C=O) groups excluding carboxylic acids is 1. The summed E-state index contributed by atoms with van der Waals surface area (Å²) < 4.78 is 5.10. The Morgan fingerprint density at radius 2 is 1.94 bits per heavy atom. The third-order valence-corrected chi connectivity index (χ3v) is 2.45. The summed E-state index contributed by atoms with van der Waals surface area (Å²) in [4.78, 5) is 13.1. The number of rotatable bonds is 5. The highest BCUT2D eigenvalue weighted by molar-refractivity contribution is 5.67. The van der Waals surface area contributed by atoms with Crippen LogP contribution in [-0.2, 0) is 11.2 Å². The lowest BCUT2D eigenvalue weighted by atomic mass is 10.1. The maximum atomic E-state index is 11.5. The van der Waals surface area contributed by atoms with Crippen molar-refractivity contribution >= 4 is 6.09 Å². The molecule has 0 aliphatic carbocycles. The fraction of sp³-hybridized carbons (Fsp3) is 0.500. The zero-order chi connectivity index (χ0) is 12.7. The zero-order valence-electron chi connectivity index (χ0n) is 10.8. The van der Waals surface area contributed by atoms with E-state index >= 15 is 0 Å². The van der Waals surface area contributed by atoms with Gasteiger partial charge in [-0.1, -0.05) is 30.3 Å². The normalized spacial score (nSPS) is 10.4. The van der Waals surface area contributed by atoms with Gasteiger partial charge in [-0.05, 0) is 32.3 Å². The second-order valence-electron chi connectivity index (χ2n) is 4.44. The van der Waals surface area contributed by atoms with Gasteiger partial charge in [0.05, 0.1) is 6.10 Å². The Hall–Kier alpha value is -1.51. The van der Waals surface area contributed by atoms with E-state index < -0.39 is 0 Å². The van der Waals surface area contributed by atoms with Gasteiger partial charge in [-0.3, -0.25) is 0 Å². The van der Waals surface area contributed by atoms with Crippen LogP contribution in [0.1, 0.15) is 25.8 Å². The van der Waals surface area contributed by atoms with E-state index in [1.807, 2.05) is 32.0 Å². The molecule has 1 amide bonds. The average Bonchev–Trinajstić information content (AvgIpc) is 2.29. The number of benzene rings is 1. The Morgan fingerprint density at radius 3 is 2.53 bits per heavy atom. The van der Waals surface area contributed by atoms with Crippen LogP contribution in [0, 0.1) is 0 Å². The van der Waals surface area contributed by atoms with Crippen LogP contribution >= 0.6 is 0 Å². The van der Waals surface area contributed by atoms with Crippen molar-refractivity contribution in [1.29, 1.82) is 0 Å². The van der Waals surface area contributed by atoms with E-state index in [4.69, 9.17) is 4.74 Å². The van der Waals surface area contributed by atoms with Crippen molar-refractivity contribution in [2.75, 3.05) is 13.6 Å².